The summed E-state index contributed by atoms with van der Waals surface area (Å²) in [6.07, 6.45) is 6.16. The zero-order valence-electron chi connectivity index (χ0n) is 14.1. The van der Waals surface area contributed by atoms with Crippen LogP contribution in [-0.4, -0.2) is 59.4 Å². The van der Waals surface area contributed by atoms with Crippen molar-refractivity contribution in [3.05, 3.63) is 5.82 Å². The first kappa shape index (κ1) is 17.7. The first-order chi connectivity index (χ1) is 10.9. The van der Waals surface area contributed by atoms with Crippen molar-refractivity contribution in [3.8, 4) is 12.3 Å². The smallest absolute Gasteiger partial charge is 0.234 e. The van der Waals surface area contributed by atoms with Gasteiger partial charge in [-0.05, 0) is 6.42 Å². The molecule has 0 unspecified atom stereocenters. The summed E-state index contributed by atoms with van der Waals surface area (Å²) in [4.78, 5) is 20.9. The molecule has 7 heteroatoms. The second kappa shape index (κ2) is 7.75. The summed E-state index contributed by atoms with van der Waals surface area (Å²) in [6, 6.07) is 0. The van der Waals surface area contributed by atoms with Crippen LogP contribution in [0.15, 0.2) is 0 Å². The zero-order valence-corrected chi connectivity index (χ0v) is 14.9. The number of anilines is 1. The highest BCUT2D eigenvalue weighted by Gasteiger charge is 2.23. The molecular weight excluding hydrogens is 310 g/mol. The molecule has 1 aliphatic rings. The Morgan fingerprint density at radius 1 is 1.35 bits per heavy atom. The van der Waals surface area contributed by atoms with Gasteiger partial charge in [0.1, 0.15) is 5.82 Å². The molecule has 0 aliphatic carbocycles. The van der Waals surface area contributed by atoms with E-state index in [1.54, 1.807) is 0 Å². The van der Waals surface area contributed by atoms with Crippen molar-refractivity contribution < 1.29 is 4.79 Å². The molecule has 2 rings (SSSR count). The van der Waals surface area contributed by atoms with Crippen molar-refractivity contribution >= 4 is 22.6 Å². The molecule has 6 nitrogen and oxygen atoms in total. The highest BCUT2D eigenvalue weighted by Crippen LogP contribution is 2.25. The van der Waals surface area contributed by atoms with Crippen LogP contribution >= 0.6 is 11.5 Å². The lowest BCUT2D eigenvalue weighted by Gasteiger charge is -2.20. The summed E-state index contributed by atoms with van der Waals surface area (Å²) < 4.78 is 4.49. The van der Waals surface area contributed by atoms with Gasteiger partial charge in [0.25, 0.3) is 0 Å². The number of nitrogens with one attached hydrogen (secondary N) is 1. The van der Waals surface area contributed by atoms with Crippen molar-refractivity contribution in [2.45, 2.75) is 32.6 Å². The Kier molecular flexibility index (Phi) is 5.97. The van der Waals surface area contributed by atoms with Crippen molar-refractivity contribution in [2.24, 2.45) is 0 Å². The molecule has 23 heavy (non-hydrogen) atoms. The average Bonchev–Trinajstić information content (AvgIpc) is 2.88. The average molecular weight is 335 g/mol. The third-order valence-corrected chi connectivity index (χ3v) is 4.48. The first-order valence-corrected chi connectivity index (χ1v) is 8.69. The number of carbonyl (C=O) groups is 1. The summed E-state index contributed by atoms with van der Waals surface area (Å²) in [7, 11) is 0. The first-order valence-electron chi connectivity index (χ1n) is 7.92. The number of hydrogen-bond acceptors (Lipinski definition) is 6. The van der Waals surface area contributed by atoms with E-state index in [1.807, 2.05) is 0 Å². The van der Waals surface area contributed by atoms with Crippen LogP contribution < -0.4 is 10.2 Å². The van der Waals surface area contributed by atoms with Crippen molar-refractivity contribution in [1.29, 1.82) is 0 Å². The third kappa shape index (κ3) is 5.19. The highest BCUT2D eigenvalue weighted by atomic mass is 32.1. The number of aromatic nitrogens is 2. The summed E-state index contributed by atoms with van der Waals surface area (Å²) >= 11 is 1.46. The fourth-order valence-electron chi connectivity index (χ4n) is 2.38. The maximum absolute atomic E-state index is 11.8. The Morgan fingerprint density at radius 3 is 2.78 bits per heavy atom. The second-order valence-corrected chi connectivity index (χ2v) is 7.48. The molecule has 1 aromatic rings. The lowest BCUT2D eigenvalue weighted by molar-refractivity contribution is -0.121. The summed E-state index contributed by atoms with van der Waals surface area (Å²) in [5.74, 6) is 3.30. The Morgan fingerprint density at radius 2 is 2.13 bits per heavy atom. The van der Waals surface area contributed by atoms with Crippen LogP contribution in [0.25, 0.3) is 0 Å². The number of nitrogens with zero attached hydrogens (tertiary/aromatic N) is 4. The Balaban J connectivity index is 1.90. The van der Waals surface area contributed by atoms with Crippen LogP contribution in [0.2, 0.25) is 0 Å². The minimum atomic E-state index is -0.0260. The molecule has 126 valence electrons. The molecule has 0 aromatic carbocycles. The van der Waals surface area contributed by atoms with Gasteiger partial charge in [-0.3, -0.25) is 9.69 Å². The monoisotopic (exact) mass is 335 g/mol. The van der Waals surface area contributed by atoms with Crippen LogP contribution in [0.3, 0.4) is 0 Å². The lowest BCUT2D eigenvalue weighted by Crippen LogP contribution is -2.39. The molecule has 1 amide bonds. The molecule has 0 spiro atoms. The largest absolute Gasteiger partial charge is 0.346 e. The molecule has 1 fully saturated rings. The highest BCUT2D eigenvalue weighted by molar-refractivity contribution is 7.09. The number of terminal acetylenes is 1. The molecule has 1 aliphatic heterocycles. The molecule has 0 atom stereocenters. The SMILES string of the molecule is C#CCNC(=O)CN1CCCN(c2nc(C(C)(C)C)ns2)CC1. The maximum Gasteiger partial charge on any atom is 0.234 e. The standard InChI is InChI=1S/C16H25N5OS/c1-5-7-17-13(22)12-20-8-6-9-21(11-10-20)15-18-14(19-23-15)16(2,3)4/h1H,6-12H2,2-4H3,(H,17,22). The Hall–Kier alpha value is -1.65. The van der Waals surface area contributed by atoms with E-state index in [4.69, 9.17) is 6.42 Å². The fraction of sp³-hybridized carbons (Fsp3) is 0.688. The second-order valence-electron chi connectivity index (χ2n) is 6.75. The van der Waals surface area contributed by atoms with Gasteiger partial charge in [0, 0.05) is 43.1 Å². The predicted octanol–water partition coefficient (Wildman–Crippen LogP) is 1.10. The predicted molar refractivity (Wildman–Crippen MR) is 93.7 cm³/mol. The van der Waals surface area contributed by atoms with Gasteiger partial charge < -0.3 is 10.2 Å². The van der Waals surface area contributed by atoms with Gasteiger partial charge in [0.05, 0.1) is 13.1 Å². The van der Waals surface area contributed by atoms with Crippen molar-refractivity contribution in [3.63, 3.8) is 0 Å². The lowest BCUT2D eigenvalue weighted by atomic mass is 9.96. The van der Waals surface area contributed by atoms with Gasteiger partial charge in [-0.15, -0.1) is 6.42 Å². The maximum atomic E-state index is 11.8. The van der Waals surface area contributed by atoms with E-state index in [0.717, 1.165) is 43.6 Å². The normalized spacial score (nSPS) is 16.7. The number of rotatable bonds is 4. The van der Waals surface area contributed by atoms with E-state index in [-0.39, 0.29) is 11.3 Å². The van der Waals surface area contributed by atoms with Crippen LogP contribution in [-0.2, 0) is 10.2 Å². The van der Waals surface area contributed by atoms with Gasteiger partial charge in [-0.25, -0.2) is 4.98 Å². The van der Waals surface area contributed by atoms with E-state index in [0.29, 0.717) is 13.1 Å². The summed E-state index contributed by atoms with van der Waals surface area (Å²) in [6.45, 7) is 10.6. The minimum absolute atomic E-state index is 0.0117. The quantitative estimate of drug-likeness (QED) is 0.835. The Labute approximate surface area is 142 Å². The molecular formula is C16H25N5OS. The van der Waals surface area contributed by atoms with Crippen LogP contribution in [0, 0.1) is 12.3 Å². The van der Waals surface area contributed by atoms with Gasteiger partial charge in [-0.2, -0.15) is 4.37 Å². The summed E-state index contributed by atoms with van der Waals surface area (Å²) in [5.41, 5.74) is -0.0260. The van der Waals surface area contributed by atoms with Crippen molar-refractivity contribution in [1.82, 2.24) is 19.6 Å². The van der Waals surface area contributed by atoms with Crippen LogP contribution in [0.5, 0.6) is 0 Å². The van der Waals surface area contributed by atoms with E-state index < -0.39 is 0 Å². The number of carbonyl (C=O) groups excluding carboxylic acids is 1. The van der Waals surface area contributed by atoms with Gasteiger partial charge in [0.2, 0.25) is 11.0 Å². The molecule has 0 bridgehead atoms. The molecule has 1 aromatic heterocycles. The molecule has 2 heterocycles. The fourth-order valence-corrected chi connectivity index (χ4v) is 3.29. The van der Waals surface area contributed by atoms with Crippen molar-refractivity contribution in [2.75, 3.05) is 44.2 Å². The number of hydrogen-bond donors (Lipinski definition) is 1. The van der Waals surface area contributed by atoms with E-state index >= 15 is 0 Å². The van der Waals surface area contributed by atoms with Gasteiger partial charge >= 0.3 is 0 Å². The minimum Gasteiger partial charge on any atom is -0.346 e. The van der Waals surface area contributed by atoms with E-state index in [1.165, 1.54) is 11.5 Å². The number of amides is 1. The van der Waals surface area contributed by atoms with E-state index in [9.17, 15) is 4.79 Å². The Bertz CT molecular complexity index is 572. The summed E-state index contributed by atoms with van der Waals surface area (Å²) in [5, 5.41) is 3.69. The molecule has 0 radical (unpaired) electrons. The zero-order chi connectivity index (χ0) is 16.9. The van der Waals surface area contributed by atoms with Crippen LogP contribution in [0.4, 0.5) is 5.13 Å². The third-order valence-electron chi connectivity index (χ3n) is 3.70. The van der Waals surface area contributed by atoms with E-state index in [2.05, 4.69) is 51.2 Å². The molecule has 0 saturated carbocycles. The van der Waals surface area contributed by atoms with Gasteiger partial charge in [-0.1, -0.05) is 26.7 Å². The molecule has 1 N–H and O–H groups in total. The van der Waals surface area contributed by atoms with Gasteiger partial charge in [0.15, 0.2) is 0 Å². The molecule has 1 saturated heterocycles. The van der Waals surface area contributed by atoms with Crippen LogP contribution in [0.1, 0.15) is 33.0 Å². The topological polar surface area (TPSA) is 61.4 Å².